The number of aliphatic hydroxyl groups excluding tert-OH is 1. The Kier molecular flexibility index (Phi) is 9.11. The van der Waals surface area contributed by atoms with Gasteiger partial charge in [0.05, 0.1) is 25.1 Å². The summed E-state index contributed by atoms with van der Waals surface area (Å²) in [5.74, 6) is 1.39. The molecule has 26 heavy (non-hydrogen) atoms. The van der Waals surface area contributed by atoms with E-state index >= 15 is 0 Å². The molecule has 1 aromatic carbocycles. The lowest BCUT2D eigenvalue weighted by molar-refractivity contribution is 0.199. The highest BCUT2D eigenvalue weighted by atomic mass is 16.5. The number of aromatic nitrogens is 2. The summed E-state index contributed by atoms with van der Waals surface area (Å²) in [6.07, 6.45) is 13.3. The van der Waals surface area contributed by atoms with Gasteiger partial charge in [-0.25, -0.2) is 9.97 Å². The molecule has 0 saturated heterocycles. The predicted molar refractivity (Wildman–Crippen MR) is 106 cm³/mol. The van der Waals surface area contributed by atoms with Crippen LogP contribution in [0.25, 0.3) is 11.4 Å². The van der Waals surface area contributed by atoms with Crippen molar-refractivity contribution >= 4 is 0 Å². The maximum absolute atomic E-state index is 9.56. The van der Waals surface area contributed by atoms with E-state index in [0.29, 0.717) is 5.82 Å². The first-order valence-electron chi connectivity index (χ1n) is 9.94. The maximum atomic E-state index is 9.56. The largest absolute Gasteiger partial charge is 0.490 e. The van der Waals surface area contributed by atoms with Crippen LogP contribution < -0.4 is 4.74 Å². The van der Waals surface area contributed by atoms with E-state index in [1.54, 1.807) is 19.3 Å². The molecule has 1 atom stereocenters. The van der Waals surface area contributed by atoms with Crippen LogP contribution in [0.15, 0.2) is 36.7 Å². The number of nitrogens with zero attached hydrogens (tertiary/aromatic N) is 2. The Morgan fingerprint density at radius 2 is 1.46 bits per heavy atom. The van der Waals surface area contributed by atoms with Gasteiger partial charge in [0.25, 0.3) is 0 Å². The molecule has 0 spiro atoms. The van der Waals surface area contributed by atoms with Gasteiger partial charge < -0.3 is 9.84 Å². The fraction of sp³-hybridized carbons (Fsp3) is 0.545. The van der Waals surface area contributed by atoms with Crippen LogP contribution in [-0.2, 0) is 0 Å². The molecular formula is C22H32N2O2. The number of unbranched alkanes of at least 4 members (excludes halogenated alkanes) is 7. The molecular weight excluding hydrogens is 324 g/mol. The monoisotopic (exact) mass is 356 g/mol. The van der Waals surface area contributed by atoms with Gasteiger partial charge in [-0.2, -0.15) is 0 Å². The van der Waals surface area contributed by atoms with Crippen LogP contribution in [0.1, 0.15) is 76.9 Å². The van der Waals surface area contributed by atoms with Crippen LogP contribution in [0.4, 0.5) is 0 Å². The van der Waals surface area contributed by atoms with E-state index in [1.165, 1.54) is 44.9 Å². The van der Waals surface area contributed by atoms with Gasteiger partial charge in [-0.05, 0) is 18.9 Å². The predicted octanol–water partition coefficient (Wildman–Crippen LogP) is 5.72. The van der Waals surface area contributed by atoms with Gasteiger partial charge in [0.15, 0.2) is 11.6 Å². The summed E-state index contributed by atoms with van der Waals surface area (Å²) in [5, 5.41) is 9.56. The highest BCUT2D eigenvalue weighted by molar-refractivity contribution is 5.55. The van der Waals surface area contributed by atoms with Crippen LogP contribution in [0.5, 0.6) is 5.75 Å². The third kappa shape index (κ3) is 7.12. The molecule has 0 radical (unpaired) electrons. The molecule has 0 unspecified atom stereocenters. The molecule has 1 heterocycles. The highest BCUT2D eigenvalue weighted by Gasteiger charge is 2.04. The Labute approximate surface area is 157 Å². The molecule has 0 bridgehead atoms. The van der Waals surface area contributed by atoms with E-state index in [-0.39, 0.29) is 0 Å². The smallest absolute Gasteiger partial charge is 0.159 e. The molecule has 2 rings (SSSR count). The lowest BCUT2D eigenvalue weighted by Crippen LogP contribution is -1.99. The van der Waals surface area contributed by atoms with Crippen molar-refractivity contribution in [1.82, 2.24) is 9.97 Å². The van der Waals surface area contributed by atoms with Gasteiger partial charge in [0.1, 0.15) is 0 Å². The summed E-state index contributed by atoms with van der Waals surface area (Å²) in [6.45, 7) is 4.73. The van der Waals surface area contributed by atoms with Gasteiger partial charge in [-0.1, -0.05) is 76.1 Å². The molecule has 4 heteroatoms. The van der Waals surface area contributed by atoms with Crippen molar-refractivity contribution in [1.29, 1.82) is 0 Å². The second kappa shape index (κ2) is 11.6. The van der Waals surface area contributed by atoms with E-state index in [9.17, 15) is 5.11 Å². The number of hydrogen-bond acceptors (Lipinski definition) is 4. The van der Waals surface area contributed by atoms with Crippen LogP contribution >= 0.6 is 0 Å². The Morgan fingerprint density at radius 1 is 0.885 bits per heavy atom. The van der Waals surface area contributed by atoms with Crippen LogP contribution in [0, 0.1) is 0 Å². The van der Waals surface area contributed by atoms with E-state index in [2.05, 4.69) is 16.9 Å². The lowest BCUT2D eigenvalue weighted by Gasteiger charge is -2.07. The molecule has 0 amide bonds. The summed E-state index contributed by atoms with van der Waals surface area (Å²) in [7, 11) is 0. The molecule has 0 aliphatic carbocycles. The quantitative estimate of drug-likeness (QED) is 0.494. The Hall–Kier alpha value is -1.94. The standard InChI is InChI=1S/C22H32N2O2/c1-3-4-5-6-7-8-9-10-15-26-21-16-23-22(24-17-21)20-13-11-19(12-14-20)18(2)25/h11-14,16-18,25H,3-10,15H2,1-2H3/t18-/m0/s1. The number of hydrogen-bond donors (Lipinski definition) is 1. The van der Waals surface area contributed by atoms with Crippen LogP contribution in [0.2, 0.25) is 0 Å². The molecule has 4 nitrogen and oxygen atoms in total. The summed E-state index contributed by atoms with van der Waals surface area (Å²) in [5.41, 5.74) is 1.82. The highest BCUT2D eigenvalue weighted by Crippen LogP contribution is 2.20. The molecule has 2 aromatic rings. The van der Waals surface area contributed by atoms with Crippen molar-refractivity contribution in [2.45, 2.75) is 71.3 Å². The zero-order valence-electron chi connectivity index (χ0n) is 16.2. The van der Waals surface area contributed by atoms with Gasteiger partial charge in [-0.15, -0.1) is 0 Å². The van der Waals surface area contributed by atoms with E-state index < -0.39 is 6.10 Å². The SMILES string of the molecule is CCCCCCCCCCOc1cnc(-c2ccc([C@H](C)O)cc2)nc1. The van der Waals surface area contributed by atoms with Gasteiger partial charge >= 0.3 is 0 Å². The number of rotatable bonds is 12. The second-order valence-electron chi connectivity index (χ2n) is 6.86. The van der Waals surface area contributed by atoms with Gasteiger partial charge in [-0.3, -0.25) is 0 Å². The number of aliphatic hydroxyl groups is 1. The van der Waals surface area contributed by atoms with Gasteiger partial charge in [0, 0.05) is 5.56 Å². The fourth-order valence-corrected chi connectivity index (χ4v) is 2.88. The Balaban J connectivity index is 1.67. The van der Waals surface area contributed by atoms with Crippen molar-refractivity contribution in [3.8, 4) is 17.1 Å². The Bertz CT molecular complexity index is 609. The maximum Gasteiger partial charge on any atom is 0.159 e. The third-order valence-electron chi connectivity index (χ3n) is 4.55. The first kappa shape index (κ1) is 20.4. The van der Waals surface area contributed by atoms with Gasteiger partial charge in [0.2, 0.25) is 0 Å². The topological polar surface area (TPSA) is 55.2 Å². The minimum Gasteiger partial charge on any atom is -0.490 e. The zero-order chi connectivity index (χ0) is 18.6. The number of benzene rings is 1. The molecule has 0 fully saturated rings. The zero-order valence-corrected chi connectivity index (χ0v) is 16.2. The van der Waals surface area contributed by atoms with Crippen molar-refractivity contribution in [3.63, 3.8) is 0 Å². The molecule has 1 N–H and O–H groups in total. The lowest BCUT2D eigenvalue weighted by atomic mass is 10.1. The van der Waals surface area contributed by atoms with Crippen molar-refractivity contribution in [2.24, 2.45) is 0 Å². The molecule has 0 aliphatic rings. The van der Waals surface area contributed by atoms with Crippen LogP contribution in [-0.4, -0.2) is 21.7 Å². The molecule has 1 aromatic heterocycles. The van der Waals surface area contributed by atoms with Crippen molar-refractivity contribution < 1.29 is 9.84 Å². The Morgan fingerprint density at radius 3 is 2.04 bits per heavy atom. The van der Waals surface area contributed by atoms with E-state index in [1.807, 2.05) is 24.3 Å². The molecule has 0 aliphatic heterocycles. The van der Waals surface area contributed by atoms with Crippen molar-refractivity contribution in [2.75, 3.05) is 6.61 Å². The third-order valence-corrected chi connectivity index (χ3v) is 4.55. The minimum atomic E-state index is -0.461. The number of ether oxygens (including phenoxy) is 1. The first-order valence-corrected chi connectivity index (χ1v) is 9.94. The molecule has 142 valence electrons. The van der Waals surface area contributed by atoms with Crippen LogP contribution in [0.3, 0.4) is 0 Å². The first-order chi connectivity index (χ1) is 12.7. The summed E-state index contributed by atoms with van der Waals surface area (Å²) < 4.78 is 5.73. The normalized spacial score (nSPS) is 12.1. The minimum absolute atomic E-state index is 0.461. The van der Waals surface area contributed by atoms with Crippen molar-refractivity contribution in [3.05, 3.63) is 42.2 Å². The fourth-order valence-electron chi connectivity index (χ4n) is 2.88. The van der Waals surface area contributed by atoms with E-state index in [0.717, 1.165) is 29.9 Å². The average Bonchev–Trinajstić information content (AvgIpc) is 2.67. The second-order valence-corrected chi connectivity index (χ2v) is 6.86. The average molecular weight is 357 g/mol. The molecule has 0 saturated carbocycles. The summed E-state index contributed by atoms with van der Waals surface area (Å²) in [4.78, 5) is 8.76. The summed E-state index contributed by atoms with van der Waals surface area (Å²) in [6, 6.07) is 7.66. The van der Waals surface area contributed by atoms with E-state index in [4.69, 9.17) is 4.74 Å². The summed E-state index contributed by atoms with van der Waals surface area (Å²) >= 11 is 0.